The molecule has 0 amide bonds. The Labute approximate surface area is 134 Å². The molecule has 0 aromatic heterocycles. The molecule has 0 unspecified atom stereocenters. The Balaban J connectivity index is 1.80. The minimum absolute atomic E-state index is 0.105. The molecule has 0 spiro atoms. The van der Waals surface area contributed by atoms with Gasteiger partial charge in [-0.15, -0.1) is 0 Å². The zero-order valence-corrected chi connectivity index (χ0v) is 12.9. The van der Waals surface area contributed by atoms with Gasteiger partial charge in [0, 0.05) is 0 Å². The Morgan fingerprint density at radius 2 is 2.04 bits per heavy atom. The van der Waals surface area contributed by atoms with E-state index in [2.05, 4.69) is 6.07 Å². The predicted octanol–water partition coefficient (Wildman–Crippen LogP) is 4.16. The molecule has 0 radical (unpaired) electrons. The molecule has 0 saturated heterocycles. The van der Waals surface area contributed by atoms with Gasteiger partial charge in [-0.25, -0.2) is 0 Å². The molecule has 1 N–H and O–H groups in total. The number of carboxylic acids is 1. The second-order valence-corrected chi connectivity index (χ2v) is 5.88. The first-order chi connectivity index (χ1) is 11.1. The number of hydrogen-bond acceptors (Lipinski definition) is 3. The van der Waals surface area contributed by atoms with Crippen LogP contribution in [0, 0.1) is 18.3 Å². The van der Waals surface area contributed by atoms with Crippen LogP contribution in [0.15, 0.2) is 36.4 Å². The van der Waals surface area contributed by atoms with Crippen LogP contribution < -0.4 is 4.74 Å². The molecule has 2 aromatic carbocycles. The summed E-state index contributed by atoms with van der Waals surface area (Å²) >= 11 is 0. The van der Waals surface area contributed by atoms with Gasteiger partial charge >= 0.3 is 5.97 Å². The van der Waals surface area contributed by atoms with Gasteiger partial charge in [-0.3, -0.25) is 4.79 Å². The zero-order valence-electron chi connectivity index (χ0n) is 12.9. The number of aryl methyl sites for hydroxylation is 2. The van der Waals surface area contributed by atoms with Crippen molar-refractivity contribution in [2.24, 2.45) is 0 Å². The molecule has 1 aliphatic carbocycles. The van der Waals surface area contributed by atoms with Crippen molar-refractivity contribution in [1.29, 1.82) is 5.26 Å². The molecule has 4 nitrogen and oxygen atoms in total. The average molecular weight is 307 g/mol. The number of hydrogen-bond donors (Lipinski definition) is 1. The lowest BCUT2D eigenvalue weighted by atomic mass is 9.98. The molecule has 0 heterocycles. The minimum Gasteiger partial charge on any atom is -0.481 e. The largest absolute Gasteiger partial charge is 0.481 e. The Morgan fingerprint density at radius 3 is 2.74 bits per heavy atom. The molecule has 0 saturated carbocycles. The maximum Gasteiger partial charge on any atom is 0.303 e. The van der Waals surface area contributed by atoms with Gasteiger partial charge in [0.1, 0.15) is 11.5 Å². The van der Waals surface area contributed by atoms with Gasteiger partial charge < -0.3 is 9.84 Å². The van der Waals surface area contributed by atoms with E-state index in [1.54, 1.807) is 12.1 Å². The standard InChI is InChI=1S/C19H17NO3/c1-12-8-16(5-4-15(12)11-20)23-17-6-7-18-13(9-17)2-3-14(18)10-19(21)22/h4-9,14H,2-3,10H2,1H3,(H,21,22)/t14-/m0/s1. The van der Waals surface area contributed by atoms with Crippen molar-refractivity contribution in [1.82, 2.24) is 0 Å². The third-order valence-corrected chi connectivity index (χ3v) is 4.29. The zero-order chi connectivity index (χ0) is 16.4. The first-order valence-corrected chi connectivity index (χ1v) is 7.60. The molecule has 116 valence electrons. The van der Waals surface area contributed by atoms with Crippen molar-refractivity contribution in [3.63, 3.8) is 0 Å². The van der Waals surface area contributed by atoms with Gasteiger partial charge in [0.25, 0.3) is 0 Å². The van der Waals surface area contributed by atoms with E-state index in [-0.39, 0.29) is 12.3 Å². The van der Waals surface area contributed by atoms with Crippen LogP contribution >= 0.6 is 0 Å². The number of aliphatic carboxylic acids is 1. The first-order valence-electron chi connectivity index (χ1n) is 7.60. The lowest BCUT2D eigenvalue weighted by Crippen LogP contribution is -2.02. The quantitative estimate of drug-likeness (QED) is 0.920. The molecule has 4 heteroatoms. The summed E-state index contributed by atoms with van der Waals surface area (Å²) in [5.41, 5.74) is 3.81. The average Bonchev–Trinajstić information content (AvgIpc) is 2.89. The third kappa shape index (κ3) is 3.19. The van der Waals surface area contributed by atoms with Crippen LogP contribution in [0.1, 0.15) is 41.0 Å². The molecule has 0 aliphatic heterocycles. The van der Waals surface area contributed by atoms with E-state index in [0.29, 0.717) is 11.3 Å². The third-order valence-electron chi connectivity index (χ3n) is 4.29. The highest BCUT2D eigenvalue weighted by Crippen LogP contribution is 2.38. The van der Waals surface area contributed by atoms with Crippen molar-refractivity contribution in [2.75, 3.05) is 0 Å². The summed E-state index contributed by atoms with van der Waals surface area (Å²) in [6.07, 6.45) is 1.94. The number of nitriles is 1. The van der Waals surface area contributed by atoms with Crippen LogP contribution in [0.5, 0.6) is 11.5 Å². The summed E-state index contributed by atoms with van der Waals surface area (Å²) in [5.74, 6) is 0.787. The van der Waals surface area contributed by atoms with Gasteiger partial charge in [0.05, 0.1) is 18.1 Å². The topological polar surface area (TPSA) is 70.3 Å². The summed E-state index contributed by atoms with van der Waals surface area (Å²) < 4.78 is 5.87. The lowest BCUT2D eigenvalue weighted by Gasteiger charge is -2.11. The van der Waals surface area contributed by atoms with Crippen molar-refractivity contribution in [3.8, 4) is 17.6 Å². The first kappa shape index (κ1) is 15.1. The van der Waals surface area contributed by atoms with Gasteiger partial charge in [-0.1, -0.05) is 6.07 Å². The maximum atomic E-state index is 10.9. The van der Waals surface area contributed by atoms with Gasteiger partial charge in [-0.2, -0.15) is 5.26 Å². The van der Waals surface area contributed by atoms with Crippen LogP contribution in [0.25, 0.3) is 0 Å². The van der Waals surface area contributed by atoms with E-state index in [0.717, 1.165) is 29.7 Å². The highest BCUT2D eigenvalue weighted by atomic mass is 16.5. The second-order valence-electron chi connectivity index (χ2n) is 5.88. The minimum atomic E-state index is -0.753. The van der Waals surface area contributed by atoms with E-state index >= 15 is 0 Å². The van der Waals surface area contributed by atoms with E-state index in [1.807, 2.05) is 31.2 Å². The number of ether oxygens (including phenoxy) is 1. The van der Waals surface area contributed by atoms with Crippen molar-refractivity contribution < 1.29 is 14.6 Å². The number of fused-ring (bicyclic) bond motifs is 1. The van der Waals surface area contributed by atoms with Crippen molar-refractivity contribution in [2.45, 2.75) is 32.1 Å². The molecule has 0 bridgehead atoms. The Kier molecular flexibility index (Phi) is 4.03. The Bertz CT molecular complexity index is 805. The van der Waals surface area contributed by atoms with E-state index in [4.69, 9.17) is 15.1 Å². The van der Waals surface area contributed by atoms with Crippen LogP contribution in [-0.4, -0.2) is 11.1 Å². The summed E-state index contributed by atoms with van der Waals surface area (Å²) in [5, 5.41) is 17.9. The van der Waals surface area contributed by atoms with Gasteiger partial charge in [0.15, 0.2) is 0 Å². The van der Waals surface area contributed by atoms with Crippen molar-refractivity contribution in [3.05, 3.63) is 58.7 Å². The smallest absolute Gasteiger partial charge is 0.303 e. The van der Waals surface area contributed by atoms with Crippen LogP contribution in [0.2, 0.25) is 0 Å². The van der Waals surface area contributed by atoms with Gasteiger partial charge in [-0.05, 0) is 72.7 Å². The highest BCUT2D eigenvalue weighted by Gasteiger charge is 2.24. The fraction of sp³-hybridized carbons (Fsp3) is 0.263. The van der Waals surface area contributed by atoms with E-state index < -0.39 is 5.97 Å². The van der Waals surface area contributed by atoms with E-state index in [9.17, 15) is 4.79 Å². The van der Waals surface area contributed by atoms with Gasteiger partial charge in [0.2, 0.25) is 0 Å². The Hall–Kier alpha value is -2.80. The van der Waals surface area contributed by atoms with Crippen molar-refractivity contribution >= 4 is 5.97 Å². The number of carboxylic acid groups (broad SMARTS) is 1. The molecular weight excluding hydrogens is 290 g/mol. The monoisotopic (exact) mass is 307 g/mol. The summed E-state index contributed by atoms with van der Waals surface area (Å²) in [6, 6.07) is 13.4. The highest BCUT2D eigenvalue weighted by molar-refractivity contribution is 5.68. The molecular formula is C19H17NO3. The number of carbonyl (C=O) groups is 1. The molecule has 23 heavy (non-hydrogen) atoms. The predicted molar refractivity (Wildman–Crippen MR) is 85.7 cm³/mol. The summed E-state index contributed by atoms with van der Waals surface area (Å²) in [6.45, 7) is 1.88. The molecule has 1 aliphatic rings. The fourth-order valence-corrected chi connectivity index (χ4v) is 3.13. The number of nitrogens with zero attached hydrogens (tertiary/aromatic N) is 1. The molecule has 2 aromatic rings. The normalized spacial score (nSPS) is 15.7. The molecule has 0 fully saturated rings. The Morgan fingerprint density at radius 1 is 1.30 bits per heavy atom. The summed E-state index contributed by atoms with van der Waals surface area (Å²) in [7, 11) is 0. The maximum absolute atomic E-state index is 10.9. The number of benzene rings is 2. The van der Waals surface area contributed by atoms with E-state index in [1.165, 1.54) is 5.56 Å². The van der Waals surface area contributed by atoms with Crippen LogP contribution in [-0.2, 0) is 11.2 Å². The SMILES string of the molecule is Cc1cc(Oc2ccc3c(c2)CC[C@H]3CC(=O)O)ccc1C#N. The second kappa shape index (κ2) is 6.13. The van der Waals surface area contributed by atoms with Crippen LogP contribution in [0.3, 0.4) is 0 Å². The summed E-state index contributed by atoms with van der Waals surface area (Å²) in [4.78, 5) is 10.9. The lowest BCUT2D eigenvalue weighted by molar-refractivity contribution is -0.137. The number of rotatable bonds is 4. The molecule has 1 atom stereocenters. The fourth-order valence-electron chi connectivity index (χ4n) is 3.13. The molecule has 3 rings (SSSR count). The van der Waals surface area contributed by atoms with Crippen LogP contribution in [0.4, 0.5) is 0 Å².